The van der Waals surface area contributed by atoms with Crippen molar-refractivity contribution in [2.24, 2.45) is 0 Å². The predicted molar refractivity (Wildman–Crippen MR) is 50.3 cm³/mol. The number of benzene rings is 1. The number of aryl methyl sites for hydroxylation is 1. The zero-order valence-corrected chi connectivity index (χ0v) is 7.94. The Morgan fingerprint density at radius 2 is 1.91 bits per heavy atom. The van der Waals surface area contributed by atoms with Crippen LogP contribution in [0.1, 0.15) is 30.9 Å². The molecule has 0 nitrogen and oxygen atoms in total. The Labute approximate surface area is 73.2 Å². The Morgan fingerprint density at radius 1 is 1.27 bits per heavy atom. The van der Waals surface area contributed by atoms with E-state index in [1.165, 1.54) is 11.1 Å². The normalized spacial score (nSPS) is 10.6. The Bertz CT molecular complexity index is 251. The van der Waals surface area contributed by atoms with Crippen molar-refractivity contribution in [3.63, 3.8) is 0 Å². The summed E-state index contributed by atoms with van der Waals surface area (Å²) in [4.78, 5) is 0. The lowest BCUT2D eigenvalue weighted by Gasteiger charge is -2.07. The smallest absolute Gasteiger partial charge is 0.0443 e. The van der Waals surface area contributed by atoms with E-state index in [1.807, 2.05) is 6.07 Å². The molecule has 0 aliphatic rings. The van der Waals surface area contributed by atoms with E-state index in [2.05, 4.69) is 32.9 Å². The van der Waals surface area contributed by atoms with Gasteiger partial charge in [0.05, 0.1) is 0 Å². The Morgan fingerprint density at radius 3 is 2.36 bits per heavy atom. The van der Waals surface area contributed by atoms with Crippen LogP contribution in [0.2, 0.25) is 5.02 Å². The Hall–Kier alpha value is -0.490. The van der Waals surface area contributed by atoms with E-state index in [0.717, 1.165) is 5.02 Å². The lowest BCUT2D eigenvalue weighted by atomic mass is 10.0. The summed E-state index contributed by atoms with van der Waals surface area (Å²) in [7, 11) is 0. The maximum absolute atomic E-state index is 6.02. The summed E-state index contributed by atoms with van der Waals surface area (Å²) < 4.78 is 0. The number of rotatable bonds is 1. The van der Waals surface area contributed by atoms with Gasteiger partial charge < -0.3 is 0 Å². The molecule has 0 aliphatic heterocycles. The van der Waals surface area contributed by atoms with Crippen LogP contribution < -0.4 is 0 Å². The number of hydrogen-bond acceptors (Lipinski definition) is 0. The molecule has 1 rings (SSSR count). The largest absolute Gasteiger partial charge is 0.0840 e. The van der Waals surface area contributed by atoms with Gasteiger partial charge in [0.2, 0.25) is 0 Å². The molecular weight excluding hydrogens is 156 g/mol. The fraction of sp³-hybridized carbons (Fsp3) is 0.400. The second kappa shape index (κ2) is 3.27. The monoisotopic (exact) mass is 168 g/mol. The topological polar surface area (TPSA) is 0 Å². The summed E-state index contributed by atoms with van der Waals surface area (Å²) in [5, 5.41) is 0.889. The molecular formula is C10H13Cl. The van der Waals surface area contributed by atoms with E-state index in [-0.39, 0.29) is 0 Å². The molecule has 0 amide bonds. The molecule has 0 saturated heterocycles. The summed E-state index contributed by atoms with van der Waals surface area (Å²) in [6.45, 7) is 6.35. The third-order valence-electron chi connectivity index (χ3n) is 1.78. The van der Waals surface area contributed by atoms with Gasteiger partial charge >= 0.3 is 0 Å². The third kappa shape index (κ3) is 1.97. The molecule has 0 aromatic heterocycles. The van der Waals surface area contributed by atoms with Crippen LogP contribution in [0.4, 0.5) is 0 Å². The highest BCUT2D eigenvalue weighted by Crippen LogP contribution is 2.24. The van der Waals surface area contributed by atoms with Gasteiger partial charge in [0.1, 0.15) is 0 Å². The van der Waals surface area contributed by atoms with Gasteiger partial charge in [-0.05, 0) is 30.0 Å². The minimum atomic E-state index is 0.517. The van der Waals surface area contributed by atoms with Crippen LogP contribution in [0.15, 0.2) is 18.2 Å². The molecule has 0 saturated carbocycles. The maximum Gasteiger partial charge on any atom is 0.0443 e. The summed E-state index contributed by atoms with van der Waals surface area (Å²) in [5.41, 5.74) is 2.46. The Kier molecular flexibility index (Phi) is 2.56. The molecule has 60 valence electrons. The maximum atomic E-state index is 6.02. The molecule has 0 spiro atoms. The van der Waals surface area contributed by atoms with Gasteiger partial charge in [0.25, 0.3) is 0 Å². The van der Waals surface area contributed by atoms with Crippen molar-refractivity contribution >= 4 is 11.6 Å². The van der Waals surface area contributed by atoms with Crippen LogP contribution in [0.3, 0.4) is 0 Å². The fourth-order valence-electron chi connectivity index (χ4n) is 1.10. The summed E-state index contributed by atoms with van der Waals surface area (Å²) in [6, 6.07) is 6.21. The molecule has 0 atom stereocenters. The highest BCUT2D eigenvalue weighted by molar-refractivity contribution is 6.31. The molecule has 1 aromatic carbocycles. The minimum absolute atomic E-state index is 0.517. The van der Waals surface area contributed by atoms with E-state index in [0.29, 0.717) is 5.92 Å². The van der Waals surface area contributed by atoms with Crippen molar-refractivity contribution in [2.45, 2.75) is 26.7 Å². The second-order valence-electron chi connectivity index (χ2n) is 3.18. The molecule has 0 bridgehead atoms. The van der Waals surface area contributed by atoms with Crippen LogP contribution in [-0.2, 0) is 0 Å². The fourth-order valence-corrected chi connectivity index (χ4v) is 1.55. The van der Waals surface area contributed by atoms with Crippen molar-refractivity contribution < 1.29 is 0 Å². The first-order valence-electron chi connectivity index (χ1n) is 3.87. The first-order valence-corrected chi connectivity index (χ1v) is 4.25. The first kappa shape index (κ1) is 8.61. The van der Waals surface area contributed by atoms with Crippen LogP contribution >= 0.6 is 11.6 Å². The van der Waals surface area contributed by atoms with Gasteiger partial charge in [-0.15, -0.1) is 0 Å². The molecule has 0 fully saturated rings. The van der Waals surface area contributed by atoms with E-state index in [9.17, 15) is 0 Å². The molecule has 1 aromatic rings. The molecule has 1 heteroatoms. The van der Waals surface area contributed by atoms with Gasteiger partial charge in [-0.25, -0.2) is 0 Å². The molecule has 0 radical (unpaired) electrons. The number of halogens is 1. The lowest BCUT2D eigenvalue weighted by molar-refractivity contribution is 0.866. The zero-order valence-electron chi connectivity index (χ0n) is 7.19. The van der Waals surface area contributed by atoms with Gasteiger partial charge in [-0.3, -0.25) is 0 Å². The average molecular weight is 169 g/mol. The summed E-state index contributed by atoms with van der Waals surface area (Å²) in [5.74, 6) is 0.517. The van der Waals surface area contributed by atoms with Gasteiger partial charge in [0, 0.05) is 5.02 Å². The van der Waals surface area contributed by atoms with Crippen LogP contribution in [0.5, 0.6) is 0 Å². The molecule has 11 heavy (non-hydrogen) atoms. The van der Waals surface area contributed by atoms with Crippen molar-refractivity contribution in [1.82, 2.24) is 0 Å². The van der Waals surface area contributed by atoms with E-state index in [1.54, 1.807) is 0 Å². The van der Waals surface area contributed by atoms with Gasteiger partial charge in [-0.1, -0.05) is 37.6 Å². The number of hydrogen-bond donors (Lipinski definition) is 0. The zero-order chi connectivity index (χ0) is 8.43. The first-order chi connectivity index (χ1) is 5.11. The SMILES string of the molecule is Cc1ccc(C(C)C)c(Cl)c1. The van der Waals surface area contributed by atoms with Gasteiger partial charge in [0.15, 0.2) is 0 Å². The summed E-state index contributed by atoms with van der Waals surface area (Å²) >= 11 is 6.02. The van der Waals surface area contributed by atoms with Crippen molar-refractivity contribution in [3.8, 4) is 0 Å². The van der Waals surface area contributed by atoms with E-state index in [4.69, 9.17) is 11.6 Å². The van der Waals surface area contributed by atoms with Crippen LogP contribution in [-0.4, -0.2) is 0 Å². The second-order valence-corrected chi connectivity index (χ2v) is 3.59. The van der Waals surface area contributed by atoms with Crippen molar-refractivity contribution in [2.75, 3.05) is 0 Å². The van der Waals surface area contributed by atoms with Crippen molar-refractivity contribution in [1.29, 1.82) is 0 Å². The molecule has 0 N–H and O–H groups in total. The molecule has 0 heterocycles. The van der Waals surface area contributed by atoms with E-state index < -0.39 is 0 Å². The standard InChI is InChI=1S/C10H13Cl/c1-7(2)9-5-4-8(3)6-10(9)11/h4-7H,1-3H3. The highest BCUT2D eigenvalue weighted by atomic mass is 35.5. The van der Waals surface area contributed by atoms with Crippen LogP contribution in [0, 0.1) is 6.92 Å². The molecule has 0 unspecified atom stereocenters. The van der Waals surface area contributed by atoms with E-state index >= 15 is 0 Å². The third-order valence-corrected chi connectivity index (χ3v) is 2.11. The van der Waals surface area contributed by atoms with Gasteiger partial charge in [-0.2, -0.15) is 0 Å². The Balaban J connectivity index is 3.09. The predicted octanol–water partition coefficient (Wildman–Crippen LogP) is 3.77. The highest BCUT2D eigenvalue weighted by Gasteiger charge is 2.03. The lowest BCUT2D eigenvalue weighted by Crippen LogP contribution is -1.88. The van der Waals surface area contributed by atoms with Crippen molar-refractivity contribution in [3.05, 3.63) is 34.3 Å². The quantitative estimate of drug-likeness (QED) is 0.599. The van der Waals surface area contributed by atoms with Crippen LogP contribution in [0.25, 0.3) is 0 Å². The summed E-state index contributed by atoms with van der Waals surface area (Å²) in [6.07, 6.45) is 0. The minimum Gasteiger partial charge on any atom is -0.0840 e. The average Bonchev–Trinajstić information content (AvgIpc) is 1.85. The molecule has 0 aliphatic carbocycles.